The summed E-state index contributed by atoms with van der Waals surface area (Å²) >= 11 is 6.32. The Morgan fingerprint density at radius 3 is 2.14 bits per heavy atom. The minimum Gasteiger partial charge on any atom is -0.496 e. The van der Waals surface area contributed by atoms with E-state index in [0.29, 0.717) is 5.69 Å². The lowest BCUT2D eigenvalue weighted by Gasteiger charge is -2.18. The maximum absolute atomic E-state index is 12.7. The van der Waals surface area contributed by atoms with Crippen LogP contribution in [0.25, 0.3) is 5.69 Å². The molecule has 1 aromatic heterocycles. The quantitative estimate of drug-likeness (QED) is 0.532. The zero-order valence-corrected chi connectivity index (χ0v) is 16.5. The molecule has 2 aromatic rings. The van der Waals surface area contributed by atoms with Gasteiger partial charge in [-0.3, -0.25) is 4.79 Å². The third kappa shape index (κ3) is 4.83. The molecule has 0 spiro atoms. The topological polar surface area (TPSA) is 95.9 Å². The van der Waals surface area contributed by atoms with Gasteiger partial charge in [-0.1, -0.05) is 11.6 Å². The first kappa shape index (κ1) is 21.3. The lowest BCUT2D eigenvalue weighted by atomic mass is 10.1. The number of carbonyl (C=O) groups excluding carboxylic acids is 3. The Hall–Kier alpha value is -3.00. The third-order valence-corrected chi connectivity index (χ3v) is 4.02. The molecule has 1 N–H and O–H groups in total. The van der Waals surface area contributed by atoms with Crippen molar-refractivity contribution in [1.82, 2.24) is 9.88 Å². The summed E-state index contributed by atoms with van der Waals surface area (Å²) < 4.78 is 16.7. The number of benzene rings is 1. The van der Waals surface area contributed by atoms with Crippen LogP contribution in [0.5, 0.6) is 5.75 Å². The molecular formula is C19H21ClN2O6. The molecule has 2 rings (SSSR count). The van der Waals surface area contributed by atoms with Crippen LogP contribution in [0, 0.1) is 0 Å². The standard InChI is InChI=1S/C19H21ClN2O6/c1-4-27-18(24)16(19(25)28-5-2)21-17(23)12-10-13(20)14(11-15(12)26-3)22-8-6-7-9-22/h6-11,16H,4-5H2,1-3H3,(H,21,23). The van der Waals surface area contributed by atoms with Crippen LogP contribution >= 0.6 is 11.6 Å². The van der Waals surface area contributed by atoms with Crippen LogP contribution in [-0.2, 0) is 19.1 Å². The Morgan fingerprint density at radius 2 is 1.64 bits per heavy atom. The van der Waals surface area contributed by atoms with Crippen LogP contribution in [0.1, 0.15) is 24.2 Å². The van der Waals surface area contributed by atoms with Gasteiger partial charge < -0.3 is 24.1 Å². The van der Waals surface area contributed by atoms with Crippen molar-refractivity contribution >= 4 is 29.4 Å². The van der Waals surface area contributed by atoms with Gasteiger partial charge in [0.2, 0.25) is 6.04 Å². The van der Waals surface area contributed by atoms with Crippen LogP contribution < -0.4 is 10.1 Å². The van der Waals surface area contributed by atoms with Crippen molar-refractivity contribution in [3.63, 3.8) is 0 Å². The molecule has 9 heteroatoms. The summed E-state index contributed by atoms with van der Waals surface area (Å²) in [6.07, 6.45) is 3.58. The molecule has 1 amide bonds. The fourth-order valence-electron chi connectivity index (χ4n) is 2.46. The molecule has 0 radical (unpaired) electrons. The van der Waals surface area contributed by atoms with Crippen molar-refractivity contribution in [2.24, 2.45) is 0 Å². The number of methoxy groups -OCH3 is 1. The molecule has 0 saturated carbocycles. The number of ether oxygens (including phenoxy) is 3. The number of amides is 1. The van der Waals surface area contributed by atoms with Gasteiger partial charge in [-0.05, 0) is 32.0 Å². The summed E-state index contributed by atoms with van der Waals surface area (Å²) in [7, 11) is 1.40. The Morgan fingerprint density at radius 1 is 1.07 bits per heavy atom. The lowest BCUT2D eigenvalue weighted by Crippen LogP contribution is -2.48. The minimum absolute atomic E-state index is 0.0469. The van der Waals surface area contributed by atoms with Crippen LogP contribution in [0.15, 0.2) is 36.7 Å². The van der Waals surface area contributed by atoms with Crippen LogP contribution in [0.3, 0.4) is 0 Å². The molecule has 8 nitrogen and oxygen atoms in total. The van der Waals surface area contributed by atoms with E-state index in [1.54, 1.807) is 36.9 Å². The average Bonchev–Trinajstić information content (AvgIpc) is 3.20. The van der Waals surface area contributed by atoms with E-state index in [4.69, 9.17) is 25.8 Å². The van der Waals surface area contributed by atoms with Crippen molar-refractivity contribution in [2.75, 3.05) is 20.3 Å². The number of aromatic nitrogens is 1. The maximum Gasteiger partial charge on any atom is 0.340 e. The molecule has 1 aromatic carbocycles. The fourth-order valence-corrected chi connectivity index (χ4v) is 2.72. The fraction of sp³-hybridized carbons (Fsp3) is 0.316. The summed E-state index contributed by atoms with van der Waals surface area (Å²) in [5.41, 5.74) is 0.661. The Bertz CT molecular complexity index is 832. The van der Waals surface area contributed by atoms with Gasteiger partial charge in [0, 0.05) is 18.5 Å². The molecule has 0 aliphatic carbocycles. The second kappa shape index (κ2) is 9.80. The molecule has 0 atom stereocenters. The second-order valence-corrected chi connectivity index (χ2v) is 5.91. The van der Waals surface area contributed by atoms with E-state index in [0.717, 1.165) is 0 Å². The van der Waals surface area contributed by atoms with E-state index in [2.05, 4.69) is 5.32 Å². The largest absolute Gasteiger partial charge is 0.496 e. The normalized spacial score (nSPS) is 10.5. The third-order valence-electron chi connectivity index (χ3n) is 3.72. The van der Waals surface area contributed by atoms with Gasteiger partial charge in [-0.15, -0.1) is 0 Å². The van der Waals surface area contributed by atoms with Crippen molar-refractivity contribution in [1.29, 1.82) is 0 Å². The number of rotatable bonds is 8. The number of halogens is 1. The highest BCUT2D eigenvalue weighted by atomic mass is 35.5. The predicted octanol–water partition coefficient (Wildman–Crippen LogP) is 2.36. The van der Waals surface area contributed by atoms with E-state index < -0.39 is 23.9 Å². The average molecular weight is 409 g/mol. The highest BCUT2D eigenvalue weighted by molar-refractivity contribution is 6.33. The van der Waals surface area contributed by atoms with Crippen molar-refractivity contribution in [2.45, 2.75) is 19.9 Å². The SMILES string of the molecule is CCOC(=O)C(NC(=O)c1cc(Cl)c(-n2cccc2)cc1OC)C(=O)OCC. The minimum atomic E-state index is -1.60. The molecule has 0 bridgehead atoms. The van der Waals surface area contributed by atoms with Crippen molar-refractivity contribution in [3.05, 3.63) is 47.2 Å². The molecule has 28 heavy (non-hydrogen) atoms. The molecule has 0 aliphatic rings. The number of nitrogens with one attached hydrogen (secondary N) is 1. The van der Waals surface area contributed by atoms with Gasteiger partial charge in [0.25, 0.3) is 5.91 Å². The molecular weight excluding hydrogens is 388 g/mol. The van der Waals surface area contributed by atoms with Gasteiger partial charge in [-0.25, -0.2) is 9.59 Å². The van der Waals surface area contributed by atoms with Crippen molar-refractivity contribution < 1.29 is 28.6 Å². The van der Waals surface area contributed by atoms with Crippen molar-refractivity contribution in [3.8, 4) is 11.4 Å². The Kier molecular flexibility index (Phi) is 7.45. The van der Waals surface area contributed by atoms with Gasteiger partial charge in [-0.2, -0.15) is 0 Å². The highest BCUT2D eigenvalue weighted by Crippen LogP contribution is 2.30. The summed E-state index contributed by atoms with van der Waals surface area (Å²) in [6.45, 7) is 3.27. The molecule has 1 heterocycles. The molecule has 0 saturated heterocycles. The lowest BCUT2D eigenvalue weighted by molar-refractivity contribution is -0.157. The number of carbonyl (C=O) groups is 3. The second-order valence-electron chi connectivity index (χ2n) is 5.50. The number of esters is 2. The smallest absolute Gasteiger partial charge is 0.340 e. The first-order valence-corrected chi connectivity index (χ1v) is 8.95. The van der Waals surface area contributed by atoms with Gasteiger partial charge >= 0.3 is 11.9 Å². The highest BCUT2D eigenvalue weighted by Gasteiger charge is 2.32. The summed E-state index contributed by atoms with van der Waals surface area (Å²) in [4.78, 5) is 36.8. The number of hydrogen-bond acceptors (Lipinski definition) is 6. The van der Waals surface area contributed by atoms with Crippen LogP contribution in [0.2, 0.25) is 5.02 Å². The van der Waals surface area contributed by atoms with E-state index in [1.807, 2.05) is 12.1 Å². The number of hydrogen-bond donors (Lipinski definition) is 1. The van der Waals surface area contributed by atoms with E-state index in [-0.39, 0.29) is 29.5 Å². The van der Waals surface area contributed by atoms with E-state index in [1.165, 1.54) is 13.2 Å². The zero-order valence-electron chi connectivity index (χ0n) is 15.7. The Balaban J connectivity index is 2.34. The molecule has 0 unspecified atom stereocenters. The number of nitrogens with zero attached hydrogens (tertiary/aromatic N) is 1. The van der Waals surface area contributed by atoms with Gasteiger partial charge in [0.1, 0.15) is 5.75 Å². The van der Waals surface area contributed by atoms with Crippen LogP contribution in [0.4, 0.5) is 0 Å². The predicted molar refractivity (Wildman–Crippen MR) is 102 cm³/mol. The molecule has 0 aliphatic heterocycles. The molecule has 0 fully saturated rings. The Labute approximate surface area is 167 Å². The summed E-state index contributed by atoms with van der Waals surface area (Å²) in [5, 5.41) is 2.61. The monoisotopic (exact) mass is 408 g/mol. The van der Waals surface area contributed by atoms with Gasteiger partial charge in [0.15, 0.2) is 0 Å². The summed E-state index contributed by atoms with van der Waals surface area (Å²) in [6, 6.07) is 5.04. The van der Waals surface area contributed by atoms with Gasteiger partial charge in [0.05, 0.1) is 36.6 Å². The first-order valence-electron chi connectivity index (χ1n) is 8.57. The maximum atomic E-state index is 12.7. The first-order chi connectivity index (χ1) is 13.4. The zero-order chi connectivity index (χ0) is 20.7. The van der Waals surface area contributed by atoms with E-state index >= 15 is 0 Å². The molecule has 150 valence electrons. The van der Waals surface area contributed by atoms with Crippen LogP contribution in [-0.4, -0.2) is 48.8 Å². The summed E-state index contributed by atoms with van der Waals surface area (Å²) in [5.74, 6) is -2.34. The van der Waals surface area contributed by atoms with E-state index in [9.17, 15) is 14.4 Å².